The number of fused-ring (bicyclic) bond motifs is 1. The van der Waals surface area contributed by atoms with Crippen LogP contribution in [-0.2, 0) is 0 Å². The van der Waals surface area contributed by atoms with Crippen molar-refractivity contribution in [3.63, 3.8) is 0 Å². The molecule has 0 saturated carbocycles. The lowest BCUT2D eigenvalue weighted by Crippen LogP contribution is -2.35. The fourth-order valence-corrected chi connectivity index (χ4v) is 3.70. The first-order valence-corrected chi connectivity index (χ1v) is 8.06. The van der Waals surface area contributed by atoms with E-state index < -0.39 is 0 Å². The number of piperidine rings is 1. The number of rotatable bonds is 3. The van der Waals surface area contributed by atoms with Crippen LogP contribution in [0.15, 0.2) is 23.0 Å². The smallest absolute Gasteiger partial charge is 0.256 e. The van der Waals surface area contributed by atoms with Crippen molar-refractivity contribution < 1.29 is 5.11 Å². The second kappa shape index (κ2) is 6.23. The van der Waals surface area contributed by atoms with E-state index in [9.17, 15) is 4.79 Å². The van der Waals surface area contributed by atoms with Crippen LogP contribution < -0.4 is 5.56 Å². The fraction of sp³-hybridized carbons (Fsp3) is 0.500. The van der Waals surface area contributed by atoms with Crippen LogP contribution in [0.4, 0.5) is 0 Å². The number of aromatic nitrogens is 1. The van der Waals surface area contributed by atoms with Crippen molar-refractivity contribution in [1.29, 1.82) is 0 Å². The summed E-state index contributed by atoms with van der Waals surface area (Å²) < 4.78 is 0. The van der Waals surface area contributed by atoms with Crippen molar-refractivity contribution in [1.82, 2.24) is 9.88 Å². The van der Waals surface area contributed by atoms with Gasteiger partial charge in [-0.05, 0) is 62.7 Å². The minimum Gasteiger partial charge on any atom is -0.395 e. The SMILES string of the molecule is Cc1ccc2c(C3CCN(CCO)CC3)c(C)[nH]c(=O)c2c1. The number of hydrogen-bond acceptors (Lipinski definition) is 3. The third-order valence-corrected chi connectivity index (χ3v) is 4.83. The van der Waals surface area contributed by atoms with Crippen molar-refractivity contribution in [2.45, 2.75) is 32.6 Å². The lowest BCUT2D eigenvalue weighted by Gasteiger charge is -2.32. The highest BCUT2D eigenvalue weighted by molar-refractivity contribution is 5.86. The topological polar surface area (TPSA) is 56.3 Å². The molecule has 3 rings (SSSR count). The quantitative estimate of drug-likeness (QED) is 0.914. The largest absolute Gasteiger partial charge is 0.395 e. The lowest BCUT2D eigenvalue weighted by molar-refractivity contribution is 0.164. The summed E-state index contributed by atoms with van der Waals surface area (Å²) in [5.41, 5.74) is 3.43. The number of aryl methyl sites for hydroxylation is 2. The number of likely N-dealkylation sites (tertiary alicyclic amines) is 1. The van der Waals surface area contributed by atoms with Crippen LogP contribution in [-0.4, -0.2) is 41.2 Å². The van der Waals surface area contributed by atoms with E-state index >= 15 is 0 Å². The second-order valence-electron chi connectivity index (χ2n) is 6.38. The number of nitrogens with one attached hydrogen (secondary N) is 1. The van der Waals surface area contributed by atoms with Crippen molar-refractivity contribution in [3.8, 4) is 0 Å². The Labute approximate surface area is 130 Å². The molecule has 1 aliphatic heterocycles. The van der Waals surface area contributed by atoms with Gasteiger partial charge in [-0.2, -0.15) is 0 Å². The van der Waals surface area contributed by atoms with E-state index in [2.05, 4.69) is 22.0 Å². The standard InChI is InChI=1S/C18H24N2O2/c1-12-3-4-15-16(11-12)18(22)19-13(2)17(15)14-5-7-20(8-6-14)9-10-21/h3-4,11,14,21H,5-10H2,1-2H3,(H,19,22). The molecule has 1 aromatic heterocycles. The fourth-order valence-electron chi connectivity index (χ4n) is 3.70. The van der Waals surface area contributed by atoms with Gasteiger partial charge in [-0.25, -0.2) is 0 Å². The van der Waals surface area contributed by atoms with Gasteiger partial charge in [-0.3, -0.25) is 4.79 Å². The zero-order chi connectivity index (χ0) is 15.7. The first-order valence-electron chi connectivity index (χ1n) is 8.06. The van der Waals surface area contributed by atoms with Crippen LogP contribution >= 0.6 is 0 Å². The van der Waals surface area contributed by atoms with E-state index in [1.54, 1.807) is 0 Å². The van der Waals surface area contributed by atoms with Gasteiger partial charge in [-0.1, -0.05) is 17.7 Å². The summed E-state index contributed by atoms with van der Waals surface area (Å²) >= 11 is 0. The van der Waals surface area contributed by atoms with E-state index in [1.165, 1.54) is 5.56 Å². The van der Waals surface area contributed by atoms with Gasteiger partial charge >= 0.3 is 0 Å². The second-order valence-corrected chi connectivity index (χ2v) is 6.38. The van der Waals surface area contributed by atoms with E-state index in [4.69, 9.17) is 5.11 Å². The molecular formula is C18H24N2O2. The van der Waals surface area contributed by atoms with Gasteiger partial charge in [0.2, 0.25) is 0 Å². The zero-order valence-electron chi connectivity index (χ0n) is 13.4. The Hall–Kier alpha value is -1.65. The molecule has 0 aliphatic carbocycles. The third-order valence-electron chi connectivity index (χ3n) is 4.83. The Bertz CT molecular complexity index is 728. The summed E-state index contributed by atoms with van der Waals surface area (Å²) in [5, 5.41) is 11.0. The number of pyridine rings is 1. The molecule has 2 N–H and O–H groups in total. The molecule has 0 unspecified atom stereocenters. The predicted molar refractivity (Wildman–Crippen MR) is 89.5 cm³/mol. The van der Waals surface area contributed by atoms with Crippen LogP contribution in [0, 0.1) is 13.8 Å². The molecule has 0 bridgehead atoms. The molecule has 118 valence electrons. The Balaban J connectivity index is 1.99. The molecule has 1 saturated heterocycles. The van der Waals surface area contributed by atoms with E-state index in [-0.39, 0.29) is 12.2 Å². The number of H-pyrrole nitrogens is 1. The molecule has 0 amide bonds. The molecule has 22 heavy (non-hydrogen) atoms. The molecule has 0 spiro atoms. The Morgan fingerprint density at radius 1 is 1.23 bits per heavy atom. The maximum atomic E-state index is 12.2. The molecule has 0 atom stereocenters. The number of hydrogen-bond donors (Lipinski definition) is 2. The van der Waals surface area contributed by atoms with Gasteiger partial charge in [0.05, 0.1) is 6.61 Å². The maximum Gasteiger partial charge on any atom is 0.256 e. The van der Waals surface area contributed by atoms with Crippen LogP contribution in [0.3, 0.4) is 0 Å². The Morgan fingerprint density at radius 3 is 2.64 bits per heavy atom. The van der Waals surface area contributed by atoms with Gasteiger partial charge < -0.3 is 15.0 Å². The normalized spacial score (nSPS) is 17.2. The average molecular weight is 300 g/mol. The number of β-amino-alcohol motifs (C(OH)–C–C–N with tert-alkyl or cyclic N) is 1. The van der Waals surface area contributed by atoms with Crippen molar-refractivity contribution in [3.05, 3.63) is 45.4 Å². The van der Waals surface area contributed by atoms with Crippen molar-refractivity contribution in [2.75, 3.05) is 26.2 Å². The molecule has 4 heteroatoms. The summed E-state index contributed by atoms with van der Waals surface area (Å²) in [5.74, 6) is 0.483. The van der Waals surface area contributed by atoms with Crippen LogP contribution in [0.1, 0.15) is 35.6 Å². The summed E-state index contributed by atoms with van der Waals surface area (Å²) in [4.78, 5) is 17.6. The van der Waals surface area contributed by atoms with Crippen molar-refractivity contribution in [2.24, 2.45) is 0 Å². The van der Waals surface area contributed by atoms with Crippen molar-refractivity contribution >= 4 is 10.8 Å². The molecule has 0 radical (unpaired) electrons. The summed E-state index contributed by atoms with van der Waals surface area (Å²) in [7, 11) is 0. The molecule has 2 aromatic rings. The highest BCUT2D eigenvalue weighted by atomic mass is 16.3. The predicted octanol–water partition coefficient (Wildman–Crippen LogP) is 2.32. The third kappa shape index (κ3) is 2.81. The first-order chi connectivity index (χ1) is 10.6. The van der Waals surface area contributed by atoms with Gasteiger partial charge in [0.1, 0.15) is 0 Å². The molecule has 4 nitrogen and oxygen atoms in total. The summed E-state index contributed by atoms with van der Waals surface area (Å²) in [6, 6.07) is 6.17. The molecule has 1 aliphatic rings. The minimum absolute atomic E-state index is 0.0117. The highest BCUT2D eigenvalue weighted by Gasteiger charge is 2.24. The van der Waals surface area contributed by atoms with E-state index in [1.807, 2.05) is 19.9 Å². The molecular weight excluding hydrogens is 276 g/mol. The van der Waals surface area contributed by atoms with Gasteiger partial charge in [-0.15, -0.1) is 0 Å². The average Bonchev–Trinajstić information content (AvgIpc) is 2.50. The van der Waals surface area contributed by atoms with Gasteiger partial charge in [0.25, 0.3) is 5.56 Å². The molecule has 1 fully saturated rings. The van der Waals surface area contributed by atoms with Gasteiger partial charge in [0, 0.05) is 17.6 Å². The zero-order valence-corrected chi connectivity index (χ0v) is 13.4. The maximum absolute atomic E-state index is 12.2. The van der Waals surface area contributed by atoms with E-state index in [0.29, 0.717) is 5.92 Å². The summed E-state index contributed by atoms with van der Waals surface area (Å²) in [6.45, 7) is 7.04. The number of aromatic amines is 1. The highest BCUT2D eigenvalue weighted by Crippen LogP contribution is 2.33. The van der Waals surface area contributed by atoms with Crippen LogP contribution in [0.2, 0.25) is 0 Å². The Morgan fingerprint density at radius 2 is 1.95 bits per heavy atom. The van der Waals surface area contributed by atoms with E-state index in [0.717, 1.165) is 54.5 Å². The number of benzene rings is 1. The number of aliphatic hydroxyl groups is 1. The van der Waals surface area contributed by atoms with Crippen LogP contribution in [0.25, 0.3) is 10.8 Å². The number of nitrogens with zero attached hydrogens (tertiary/aromatic N) is 1. The first kappa shape index (κ1) is 15.3. The Kier molecular flexibility index (Phi) is 4.32. The molecule has 1 aromatic carbocycles. The minimum atomic E-state index is 0.0117. The number of aliphatic hydroxyl groups excluding tert-OH is 1. The van der Waals surface area contributed by atoms with Crippen LogP contribution in [0.5, 0.6) is 0 Å². The summed E-state index contributed by atoms with van der Waals surface area (Å²) in [6.07, 6.45) is 2.16. The van der Waals surface area contributed by atoms with Gasteiger partial charge in [0.15, 0.2) is 0 Å². The monoisotopic (exact) mass is 300 g/mol. The molecule has 2 heterocycles. The lowest BCUT2D eigenvalue weighted by atomic mass is 9.85.